The number of sulfonamides is 1. The molecule has 0 saturated carbocycles. The molecule has 1 atom stereocenters. The van der Waals surface area contributed by atoms with E-state index in [0.29, 0.717) is 17.3 Å². The lowest BCUT2D eigenvalue weighted by Crippen LogP contribution is -2.53. The van der Waals surface area contributed by atoms with Gasteiger partial charge in [0.15, 0.2) is 0 Å². The lowest BCUT2D eigenvalue weighted by molar-refractivity contribution is -0.140. The predicted molar refractivity (Wildman–Crippen MR) is 181 cm³/mol. The normalized spacial score (nSPS) is 11.9. The summed E-state index contributed by atoms with van der Waals surface area (Å²) in [4.78, 5) is 29.8. The zero-order valence-corrected chi connectivity index (χ0v) is 27.5. The average molecular weight is 646 g/mol. The number of hydrogen-bond donors (Lipinski definition) is 1. The van der Waals surface area contributed by atoms with Crippen molar-refractivity contribution in [3.63, 3.8) is 0 Å². The lowest BCUT2D eigenvalue weighted by atomic mass is 10.0. The topological polar surface area (TPSA) is 86.8 Å². The summed E-state index contributed by atoms with van der Waals surface area (Å²) in [6.07, 6.45) is 1.98. The number of benzene rings is 4. The summed E-state index contributed by atoms with van der Waals surface area (Å²) in [6.45, 7) is 5.98. The molecule has 0 heterocycles. The van der Waals surface area contributed by atoms with Gasteiger partial charge >= 0.3 is 0 Å². The van der Waals surface area contributed by atoms with Gasteiger partial charge in [0, 0.05) is 24.5 Å². The molecule has 7 nitrogen and oxygen atoms in total. The molecule has 45 heavy (non-hydrogen) atoms. The fourth-order valence-corrected chi connectivity index (χ4v) is 6.52. The number of amides is 2. The van der Waals surface area contributed by atoms with Crippen LogP contribution in [0.3, 0.4) is 0 Å². The first-order valence-corrected chi connectivity index (χ1v) is 16.9. The maximum absolute atomic E-state index is 14.5. The first kappa shape index (κ1) is 33.7. The van der Waals surface area contributed by atoms with Crippen LogP contribution in [0.1, 0.15) is 42.0 Å². The van der Waals surface area contributed by atoms with Crippen LogP contribution in [0.25, 0.3) is 0 Å². The molecule has 2 amide bonds. The third-order valence-corrected chi connectivity index (χ3v) is 9.80. The van der Waals surface area contributed by atoms with E-state index in [1.165, 1.54) is 29.2 Å². The van der Waals surface area contributed by atoms with Crippen LogP contribution < -0.4 is 9.62 Å². The lowest BCUT2D eigenvalue weighted by Gasteiger charge is -2.34. The first-order chi connectivity index (χ1) is 21.6. The average Bonchev–Trinajstić information content (AvgIpc) is 3.04. The second kappa shape index (κ2) is 15.7. The van der Waals surface area contributed by atoms with E-state index in [-0.39, 0.29) is 23.8 Å². The molecular weight excluding hydrogens is 606 g/mol. The molecule has 0 aromatic heterocycles. The molecule has 9 heteroatoms. The molecule has 0 aliphatic heterocycles. The van der Waals surface area contributed by atoms with E-state index in [4.69, 9.17) is 11.6 Å². The minimum atomic E-state index is -4.20. The highest BCUT2D eigenvalue weighted by Gasteiger charge is 2.34. The van der Waals surface area contributed by atoms with Crippen molar-refractivity contribution in [2.24, 2.45) is 0 Å². The highest BCUT2D eigenvalue weighted by atomic mass is 35.5. The third-order valence-electron chi connectivity index (χ3n) is 7.76. The van der Waals surface area contributed by atoms with Crippen LogP contribution in [0.4, 0.5) is 5.69 Å². The number of halogens is 1. The molecule has 236 valence electrons. The molecule has 1 unspecified atom stereocenters. The summed E-state index contributed by atoms with van der Waals surface area (Å²) in [5, 5.41) is 3.41. The van der Waals surface area contributed by atoms with Crippen molar-refractivity contribution in [3.05, 3.63) is 130 Å². The summed E-state index contributed by atoms with van der Waals surface area (Å²) in [5.74, 6) is -0.781. The quantitative estimate of drug-likeness (QED) is 0.155. The largest absolute Gasteiger partial charge is 0.354 e. The molecule has 0 radical (unpaired) electrons. The Morgan fingerprint density at radius 2 is 1.44 bits per heavy atom. The molecule has 0 spiro atoms. The fourth-order valence-electron chi connectivity index (χ4n) is 4.98. The van der Waals surface area contributed by atoms with E-state index in [1.807, 2.05) is 87.5 Å². The Labute approximate surface area is 271 Å². The van der Waals surface area contributed by atoms with Crippen LogP contribution >= 0.6 is 11.6 Å². The van der Waals surface area contributed by atoms with E-state index >= 15 is 0 Å². The molecule has 0 saturated heterocycles. The summed E-state index contributed by atoms with van der Waals surface area (Å²) in [5.41, 5.74) is 3.94. The number of anilines is 1. The highest BCUT2D eigenvalue weighted by molar-refractivity contribution is 7.92. The van der Waals surface area contributed by atoms with Crippen LogP contribution in [0, 0.1) is 13.8 Å². The second-order valence-electron chi connectivity index (χ2n) is 11.1. The van der Waals surface area contributed by atoms with Crippen LogP contribution in [0.15, 0.2) is 108 Å². The molecule has 4 aromatic carbocycles. The van der Waals surface area contributed by atoms with Crippen molar-refractivity contribution in [1.82, 2.24) is 10.2 Å². The molecule has 4 aromatic rings. The van der Waals surface area contributed by atoms with Crippen molar-refractivity contribution in [2.45, 2.75) is 57.5 Å². The summed E-state index contributed by atoms with van der Waals surface area (Å²) < 4.78 is 29.4. The van der Waals surface area contributed by atoms with Crippen molar-refractivity contribution in [2.75, 3.05) is 17.4 Å². The standard InChI is InChI=1S/C36H40ClN3O4S/c1-4-5-22-38-36(42)34(24-29-12-8-6-9-13-29)39(25-30-14-10-7-11-15-30)35(41)26-40(32-19-16-27(2)28(3)23-32)45(43,44)33-20-17-31(37)18-21-33/h6-21,23,34H,4-5,22,24-26H2,1-3H3,(H,38,42). The van der Waals surface area contributed by atoms with Crippen LogP contribution in [0.2, 0.25) is 5.02 Å². The van der Waals surface area contributed by atoms with Gasteiger partial charge in [-0.15, -0.1) is 0 Å². The molecule has 0 aliphatic carbocycles. The molecule has 0 bridgehead atoms. The van der Waals surface area contributed by atoms with Crippen LogP contribution in [-0.4, -0.2) is 44.3 Å². The van der Waals surface area contributed by atoms with Gasteiger partial charge < -0.3 is 10.2 Å². The number of carbonyl (C=O) groups is 2. The summed E-state index contributed by atoms with van der Waals surface area (Å²) in [7, 11) is -4.20. The van der Waals surface area contributed by atoms with Gasteiger partial charge in [0.25, 0.3) is 10.0 Å². The minimum Gasteiger partial charge on any atom is -0.354 e. The number of rotatable bonds is 14. The van der Waals surface area contributed by atoms with Gasteiger partial charge in [-0.1, -0.05) is 91.7 Å². The smallest absolute Gasteiger partial charge is 0.264 e. The maximum Gasteiger partial charge on any atom is 0.264 e. The van der Waals surface area contributed by atoms with E-state index in [0.717, 1.165) is 39.4 Å². The Bertz CT molecular complexity index is 1680. The van der Waals surface area contributed by atoms with Crippen LogP contribution in [0.5, 0.6) is 0 Å². The Morgan fingerprint density at radius 1 is 0.822 bits per heavy atom. The number of hydrogen-bond acceptors (Lipinski definition) is 4. The zero-order valence-electron chi connectivity index (χ0n) is 25.9. The maximum atomic E-state index is 14.5. The van der Waals surface area contributed by atoms with Gasteiger partial charge in [-0.05, 0) is 78.9 Å². The third kappa shape index (κ3) is 8.96. The number of nitrogens with one attached hydrogen (secondary N) is 1. The highest BCUT2D eigenvalue weighted by Crippen LogP contribution is 2.27. The monoisotopic (exact) mass is 645 g/mol. The summed E-state index contributed by atoms with van der Waals surface area (Å²) in [6, 6.07) is 29.2. The number of unbranched alkanes of at least 4 members (excludes halogenated alkanes) is 1. The van der Waals surface area contributed by atoms with Gasteiger partial charge in [-0.25, -0.2) is 8.42 Å². The van der Waals surface area contributed by atoms with Crippen molar-refractivity contribution >= 4 is 39.1 Å². The second-order valence-corrected chi connectivity index (χ2v) is 13.4. The number of carbonyl (C=O) groups excluding carboxylic acids is 2. The van der Waals surface area contributed by atoms with E-state index < -0.39 is 28.5 Å². The van der Waals surface area contributed by atoms with Gasteiger partial charge in [0.1, 0.15) is 12.6 Å². The zero-order chi connectivity index (χ0) is 32.4. The predicted octanol–water partition coefficient (Wildman–Crippen LogP) is 6.71. The van der Waals surface area contributed by atoms with Crippen molar-refractivity contribution in [1.29, 1.82) is 0 Å². The Hall–Kier alpha value is -4.14. The minimum absolute atomic E-state index is 0.00526. The Morgan fingerprint density at radius 3 is 2.04 bits per heavy atom. The van der Waals surface area contributed by atoms with Gasteiger partial charge in [0.05, 0.1) is 10.6 Å². The molecular formula is C36H40ClN3O4S. The molecule has 1 N–H and O–H groups in total. The van der Waals surface area contributed by atoms with E-state index in [2.05, 4.69) is 5.32 Å². The van der Waals surface area contributed by atoms with Gasteiger partial charge in [0.2, 0.25) is 11.8 Å². The van der Waals surface area contributed by atoms with Gasteiger partial charge in [-0.3, -0.25) is 13.9 Å². The van der Waals surface area contributed by atoms with Crippen molar-refractivity contribution in [3.8, 4) is 0 Å². The fraction of sp³-hybridized carbons (Fsp3) is 0.278. The van der Waals surface area contributed by atoms with E-state index in [9.17, 15) is 18.0 Å². The Balaban J connectivity index is 1.79. The Kier molecular flexibility index (Phi) is 11.8. The SMILES string of the molecule is CCCCNC(=O)C(Cc1ccccc1)N(Cc1ccccc1)C(=O)CN(c1ccc(C)c(C)c1)S(=O)(=O)c1ccc(Cl)cc1. The van der Waals surface area contributed by atoms with Crippen LogP contribution in [-0.2, 0) is 32.6 Å². The molecule has 0 fully saturated rings. The van der Waals surface area contributed by atoms with Crippen molar-refractivity contribution < 1.29 is 18.0 Å². The first-order valence-electron chi connectivity index (χ1n) is 15.1. The number of nitrogens with zero attached hydrogens (tertiary/aromatic N) is 2. The number of aryl methyl sites for hydroxylation is 2. The molecule has 0 aliphatic rings. The van der Waals surface area contributed by atoms with E-state index in [1.54, 1.807) is 12.1 Å². The summed E-state index contributed by atoms with van der Waals surface area (Å²) >= 11 is 6.07. The molecule has 4 rings (SSSR count). The van der Waals surface area contributed by atoms with Gasteiger partial charge in [-0.2, -0.15) is 0 Å².